The van der Waals surface area contributed by atoms with E-state index < -0.39 is 23.9 Å². The number of likely N-dealkylation sites (tertiary alicyclic amines) is 1. The topological polar surface area (TPSA) is 88.1 Å². The summed E-state index contributed by atoms with van der Waals surface area (Å²) in [5.74, 6) is -0.0731. The maximum absolute atomic E-state index is 12.0. The van der Waals surface area contributed by atoms with Crippen molar-refractivity contribution in [2.45, 2.75) is 57.5 Å². The van der Waals surface area contributed by atoms with Crippen LogP contribution >= 0.6 is 0 Å². The number of hydrogen-bond acceptors (Lipinski definition) is 5. The number of aliphatic hydroxyl groups is 1. The van der Waals surface area contributed by atoms with Crippen LogP contribution in [0.1, 0.15) is 33.6 Å². The minimum Gasteiger partial charge on any atom is -0.444 e. The van der Waals surface area contributed by atoms with Gasteiger partial charge in [0.15, 0.2) is 0 Å². The molecule has 2 rings (SSSR count). The van der Waals surface area contributed by atoms with Crippen molar-refractivity contribution in [3.05, 3.63) is 0 Å². The fourth-order valence-corrected chi connectivity index (χ4v) is 2.37. The summed E-state index contributed by atoms with van der Waals surface area (Å²) in [7, 11) is 0. The first-order chi connectivity index (χ1) is 9.74. The molecule has 0 unspecified atom stereocenters. The highest BCUT2D eigenvalue weighted by molar-refractivity contribution is 5.82. The predicted octanol–water partition coefficient (Wildman–Crippen LogP) is 0.262. The van der Waals surface area contributed by atoms with Gasteiger partial charge in [0.1, 0.15) is 11.7 Å². The maximum Gasteiger partial charge on any atom is 0.407 e. The molecule has 7 heteroatoms. The highest BCUT2D eigenvalue weighted by Gasteiger charge is 2.36. The normalized spacial score (nSPS) is 27.0. The Balaban J connectivity index is 1.71. The molecule has 2 amide bonds. The van der Waals surface area contributed by atoms with E-state index in [-0.39, 0.29) is 11.9 Å². The van der Waals surface area contributed by atoms with Gasteiger partial charge in [-0.05, 0) is 33.6 Å². The first-order valence-electron chi connectivity index (χ1n) is 7.32. The molecule has 2 N–H and O–H groups in total. The van der Waals surface area contributed by atoms with E-state index in [1.165, 1.54) is 0 Å². The van der Waals surface area contributed by atoms with E-state index in [2.05, 4.69) is 5.32 Å². The minimum atomic E-state index is -0.531. The van der Waals surface area contributed by atoms with Crippen molar-refractivity contribution in [2.75, 3.05) is 19.7 Å². The zero-order valence-corrected chi connectivity index (χ0v) is 12.8. The van der Waals surface area contributed by atoms with Crippen LogP contribution in [0.5, 0.6) is 0 Å². The second kappa shape index (κ2) is 6.19. The van der Waals surface area contributed by atoms with Gasteiger partial charge in [-0.25, -0.2) is 4.79 Å². The molecule has 2 aliphatic heterocycles. The standard InChI is InChI=1S/C14H24N2O5/c1-14(2,3)21-13(19)15-9-4-5-11(20-8-9)12(18)16-6-10(17)7-16/h9-11,17H,4-8H2,1-3H3,(H,15,19)/t9-,11+/m1/s1. The van der Waals surface area contributed by atoms with Gasteiger partial charge in [0, 0.05) is 13.1 Å². The zero-order valence-electron chi connectivity index (χ0n) is 12.8. The fourth-order valence-electron chi connectivity index (χ4n) is 2.37. The number of rotatable bonds is 2. The van der Waals surface area contributed by atoms with Crippen LogP contribution in [0.3, 0.4) is 0 Å². The molecule has 21 heavy (non-hydrogen) atoms. The Hall–Kier alpha value is -1.34. The van der Waals surface area contributed by atoms with E-state index in [0.29, 0.717) is 32.5 Å². The molecule has 120 valence electrons. The Morgan fingerprint density at radius 3 is 2.43 bits per heavy atom. The summed E-state index contributed by atoms with van der Waals surface area (Å²) in [5.41, 5.74) is -0.531. The number of aliphatic hydroxyl groups excluding tert-OH is 1. The Labute approximate surface area is 124 Å². The number of nitrogens with one attached hydrogen (secondary N) is 1. The molecule has 0 aliphatic carbocycles. The Morgan fingerprint density at radius 1 is 1.29 bits per heavy atom. The lowest BCUT2D eigenvalue weighted by atomic mass is 10.0. The van der Waals surface area contributed by atoms with Crippen molar-refractivity contribution in [1.82, 2.24) is 10.2 Å². The lowest BCUT2D eigenvalue weighted by Crippen LogP contribution is -2.58. The van der Waals surface area contributed by atoms with Gasteiger partial charge in [-0.3, -0.25) is 4.79 Å². The van der Waals surface area contributed by atoms with Crippen molar-refractivity contribution in [3.8, 4) is 0 Å². The van der Waals surface area contributed by atoms with E-state index in [4.69, 9.17) is 9.47 Å². The highest BCUT2D eigenvalue weighted by Crippen LogP contribution is 2.19. The van der Waals surface area contributed by atoms with Crippen LogP contribution in [0.4, 0.5) is 4.79 Å². The number of hydrogen-bond donors (Lipinski definition) is 2. The molecule has 2 atom stereocenters. The lowest BCUT2D eigenvalue weighted by molar-refractivity contribution is -0.157. The average Bonchev–Trinajstić information content (AvgIpc) is 2.33. The molecular formula is C14H24N2O5. The van der Waals surface area contributed by atoms with E-state index in [9.17, 15) is 14.7 Å². The summed E-state index contributed by atoms with van der Waals surface area (Å²) < 4.78 is 10.7. The molecule has 0 spiro atoms. The van der Waals surface area contributed by atoms with Gasteiger partial charge >= 0.3 is 6.09 Å². The van der Waals surface area contributed by atoms with Gasteiger partial charge < -0.3 is 24.8 Å². The molecule has 0 saturated carbocycles. The summed E-state index contributed by atoms with van der Waals surface area (Å²) in [6.07, 6.45) is -0.0992. The number of carbonyl (C=O) groups is 2. The highest BCUT2D eigenvalue weighted by atomic mass is 16.6. The molecule has 7 nitrogen and oxygen atoms in total. The number of β-amino-alcohol motifs (C(OH)–C–C–N with tert-alkyl or cyclic N) is 1. The van der Waals surface area contributed by atoms with Crippen LogP contribution in [-0.4, -0.2) is 65.6 Å². The molecule has 0 bridgehead atoms. The van der Waals surface area contributed by atoms with E-state index >= 15 is 0 Å². The summed E-state index contributed by atoms with van der Waals surface area (Å²) in [5, 5.41) is 12.0. The smallest absolute Gasteiger partial charge is 0.407 e. The Morgan fingerprint density at radius 2 is 1.95 bits per heavy atom. The van der Waals surface area contributed by atoms with Gasteiger partial charge in [-0.15, -0.1) is 0 Å². The average molecular weight is 300 g/mol. The molecule has 0 radical (unpaired) electrons. The third-order valence-electron chi connectivity index (χ3n) is 3.45. The van der Waals surface area contributed by atoms with Crippen molar-refractivity contribution < 1.29 is 24.2 Å². The van der Waals surface area contributed by atoms with E-state index in [1.54, 1.807) is 25.7 Å². The van der Waals surface area contributed by atoms with Gasteiger partial charge in [-0.2, -0.15) is 0 Å². The van der Waals surface area contributed by atoms with Gasteiger partial charge in [-0.1, -0.05) is 0 Å². The number of alkyl carbamates (subject to hydrolysis) is 1. The monoisotopic (exact) mass is 300 g/mol. The maximum atomic E-state index is 12.0. The fraction of sp³-hybridized carbons (Fsp3) is 0.857. The van der Waals surface area contributed by atoms with Crippen LogP contribution in [0.25, 0.3) is 0 Å². The predicted molar refractivity (Wildman–Crippen MR) is 74.7 cm³/mol. The van der Waals surface area contributed by atoms with Crippen LogP contribution in [0.15, 0.2) is 0 Å². The van der Waals surface area contributed by atoms with Crippen molar-refractivity contribution in [1.29, 1.82) is 0 Å². The molecule has 0 aromatic carbocycles. The van der Waals surface area contributed by atoms with Crippen molar-refractivity contribution in [2.24, 2.45) is 0 Å². The molecule has 2 aliphatic rings. The van der Waals surface area contributed by atoms with Gasteiger partial charge in [0.25, 0.3) is 5.91 Å². The van der Waals surface area contributed by atoms with Crippen LogP contribution in [-0.2, 0) is 14.3 Å². The minimum absolute atomic E-state index is 0.0731. The van der Waals surface area contributed by atoms with Gasteiger partial charge in [0.2, 0.25) is 0 Å². The SMILES string of the molecule is CC(C)(C)OC(=O)N[C@@H]1CC[C@@H](C(=O)N2CC(O)C2)OC1. The van der Waals surface area contributed by atoms with Crippen LogP contribution in [0.2, 0.25) is 0 Å². The third kappa shape index (κ3) is 4.57. The summed E-state index contributed by atoms with van der Waals surface area (Å²) >= 11 is 0. The Kier molecular flexibility index (Phi) is 4.73. The largest absolute Gasteiger partial charge is 0.444 e. The first kappa shape index (κ1) is 16.0. The lowest BCUT2D eigenvalue weighted by Gasteiger charge is -2.39. The van der Waals surface area contributed by atoms with Crippen LogP contribution in [0, 0.1) is 0 Å². The number of amides is 2. The zero-order chi connectivity index (χ0) is 15.6. The second-order valence-electron chi connectivity index (χ2n) is 6.64. The molecular weight excluding hydrogens is 276 g/mol. The number of nitrogens with zero attached hydrogens (tertiary/aromatic N) is 1. The summed E-state index contributed by atoms with van der Waals surface area (Å²) in [4.78, 5) is 25.3. The van der Waals surface area contributed by atoms with Crippen LogP contribution < -0.4 is 5.32 Å². The van der Waals surface area contributed by atoms with E-state index in [0.717, 1.165) is 0 Å². The summed E-state index contributed by atoms with van der Waals surface area (Å²) in [6, 6.07) is -0.133. The molecule has 0 aromatic rings. The molecule has 2 fully saturated rings. The number of ether oxygens (including phenoxy) is 2. The molecule has 2 saturated heterocycles. The first-order valence-corrected chi connectivity index (χ1v) is 7.32. The molecule has 0 aromatic heterocycles. The van der Waals surface area contributed by atoms with Gasteiger partial charge in [0.05, 0.1) is 18.8 Å². The van der Waals surface area contributed by atoms with Crippen molar-refractivity contribution >= 4 is 12.0 Å². The molecule has 2 heterocycles. The Bertz CT molecular complexity index is 393. The van der Waals surface area contributed by atoms with E-state index in [1.807, 2.05) is 0 Å². The third-order valence-corrected chi connectivity index (χ3v) is 3.45. The quantitative estimate of drug-likeness (QED) is 0.764. The summed E-state index contributed by atoms with van der Waals surface area (Å²) in [6.45, 7) is 6.49. The second-order valence-corrected chi connectivity index (χ2v) is 6.64. The number of carbonyl (C=O) groups excluding carboxylic acids is 2. The van der Waals surface area contributed by atoms with Crippen molar-refractivity contribution in [3.63, 3.8) is 0 Å².